The summed E-state index contributed by atoms with van der Waals surface area (Å²) in [5, 5.41) is 29.4. The molecule has 0 fully saturated rings. The lowest BCUT2D eigenvalue weighted by molar-refractivity contribution is 0.469. The second-order valence-corrected chi connectivity index (χ2v) is 2.91. The van der Waals surface area contributed by atoms with Crippen molar-refractivity contribution in [3.63, 3.8) is 0 Å². The molecule has 0 spiro atoms. The summed E-state index contributed by atoms with van der Waals surface area (Å²) in [6.45, 7) is 1.54. The highest BCUT2D eigenvalue weighted by atomic mass is 19.1. The van der Waals surface area contributed by atoms with Gasteiger partial charge in [-0.05, 0) is 18.6 Å². The lowest BCUT2D eigenvalue weighted by Gasteiger charge is -2.04. The van der Waals surface area contributed by atoms with Crippen LogP contribution < -0.4 is 5.43 Å². The molecule has 0 saturated heterocycles. The van der Waals surface area contributed by atoms with E-state index in [1.165, 1.54) is 12.1 Å². The molecule has 2 N–H and O–H groups in total. The molecule has 6 heteroatoms. The molecule has 0 heterocycles. The summed E-state index contributed by atoms with van der Waals surface area (Å²) in [7, 11) is 0. The molecule has 0 aliphatic rings. The van der Waals surface area contributed by atoms with Gasteiger partial charge in [-0.3, -0.25) is 5.43 Å². The first-order valence-electron chi connectivity index (χ1n) is 4.21. The van der Waals surface area contributed by atoms with E-state index in [1.807, 2.05) is 0 Å². The molecule has 0 atom stereocenters. The van der Waals surface area contributed by atoms with Crippen molar-refractivity contribution >= 4 is 11.4 Å². The third-order valence-corrected chi connectivity index (χ3v) is 1.79. The first-order chi connectivity index (χ1) is 7.58. The molecule has 0 saturated carbocycles. The van der Waals surface area contributed by atoms with Crippen LogP contribution in [0.4, 0.5) is 10.1 Å². The van der Waals surface area contributed by atoms with Crippen molar-refractivity contribution in [1.29, 1.82) is 10.5 Å². The van der Waals surface area contributed by atoms with Crippen molar-refractivity contribution in [3.8, 4) is 17.9 Å². The average Bonchev–Trinajstić information content (AvgIpc) is 2.26. The van der Waals surface area contributed by atoms with Crippen molar-refractivity contribution in [2.75, 3.05) is 5.43 Å². The maximum absolute atomic E-state index is 13.3. The molecule has 0 amide bonds. The standard InChI is InChI=1S/C10H7FN4O/c1-6-2-8(11)9(3-10(6)16)15-14-7(4-12)5-13/h2-3,15-16H,1H3. The van der Waals surface area contributed by atoms with Gasteiger partial charge >= 0.3 is 0 Å². The Bertz CT molecular complexity index is 509. The normalized spacial score (nSPS) is 8.75. The third kappa shape index (κ3) is 2.46. The first-order valence-corrected chi connectivity index (χ1v) is 4.21. The van der Waals surface area contributed by atoms with E-state index in [0.717, 1.165) is 12.1 Å². The minimum absolute atomic E-state index is 0.102. The van der Waals surface area contributed by atoms with Gasteiger partial charge in [0.2, 0.25) is 5.71 Å². The largest absolute Gasteiger partial charge is 0.508 e. The highest BCUT2D eigenvalue weighted by molar-refractivity contribution is 6.10. The van der Waals surface area contributed by atoms with Crippen LogP contribution in [0.2, 0.25) is 0 Å². The molecule has 0 aliphatic heterocycles. The topological polar surface area (TPSA) is 92.2 Å². The van der Waals surface area contributed by atoms with E-state index in [4.69, 9.17) is 10.5 Å². The van der Waals surface area contributed by atoms with Crippen molar-refractivity contribution in [1.82, 2.24) is 0 Å². The zero-order valence-corrected chi connectivity index (χ0v) is 8.32. The molecular formula is C10H7FN4O. The van der Waals surface area contributed by atoms with Gasteiger partial charge in [0, 0.05) is 6.07 Å². The van der Waals surface area contributed by atoms with Crippen molar-refractivity contribution in [2.45, 2.75) is 6.92 Å². The smallest absolute Gasteiger partial charge is 0.237 e. The van der Waals surface area contributed by atoms with Crippen LogP contribution in [0.15, 0.2) is 17.2 Å². The predicted octanol–water partition coefficient (Wildman–Crippen LogP) is 1.65. The number of hydrogen-bond acceptors (Lipinski definition) is 5. The molecule has 1 aromatic rings. The van der Waals surface area contributed by atoms with E-state index in [2.05, 4.69) is 10.5 Å². The van der Waals surface area contributed by atoms with Crippen LogP contribution in [0.3, 0.4) is 0 Å². The molecule has 0 radical (unpaired) electrons. The SMILES string of the molecule is Cc1cc(F)c(NN=C(C#N)C#N)cc1O. The van der Waals surface area contributed by atoms with Gasteiger partial charge in [0.15, 0.2) is 0 Å². The van der Waals surface area contributed by atoms with Crippen LogP contribution in [-0.2, 0) is 0 Å². The van der Waals surface area contributed by atoms with Crippen LogP contribution >= 0.6 is 0 Å². The highest BCUT2D eigenvalue weighted by Gasteiger charge is 2.06. The van der Waals surface area contributed by atoms with Gasteiger partial charge in [-0.25, -0.2) is 4.39 Å². The van der Waals surface area contributed by atoms with E-state index >= 15 is 0 Å². The Hall–Kier alpha value is -2.60. The molecule has 0 aromatic heterocycles. The Labute approximate surface area is 91.1 Å². The number of hydrogen-bond donors (Lipinski definition) is 2. The van der Waals surface area contributed by atoms with E-state index < -0.39 is 11.5 Å². The number of nitrogens with one attached hydrogen (secondary N) is 1. The zero-order chi connectivity index (χ0) is 12.1. The van der Waals surface area contributed by atoms with Crippen LogP contribution in [-0.4, -0.2) is 10.8 Å². The van der Waals surface area contributed by atoms with Crippen LogP contribution in [0.25, 0.3) is 0 Å². The second-order valence-electron chi connectivity index (χ2n) is 2.91. The third-order valence-electron chi connectivity index (χ3n) is 1.79. The molecule has 0 bridgehead atoms. The quantitative estimate of drug-likeness (QED) is 0.583. The number of phenols is 1. The Balaban J connectivity index is 3.01. The van der Waals surface area contributed by atoms with Gasteiger partial charge in [0.05, 0.1) is 5.69 Å². The maximum atomic E-state index is 13.3. The lowest BCUT2D eigenvalue weighted by atomic mass is 10.2. The molecule has 80 valence electrons. The van der Waals surface area contributed by atoms with Crippen LogP contribution in [0, 0.1) is 35.4 Å². The van der Waals surface area contributed by atoms with Gasteiger partial charge < -0.3 is 5.11 Å². The number of aromatic hydroxyl groups is 1. The molecule has 5 nitrogen and oxygen atoms in total. The van der Waals surface area contributed by atoms with Crippen LogP contribution in [0.5, 0.6) is 5.75 Å². The van der Waals surface area contributed by atoms with Crippen molar-refractivity contribution in [2.24, 2.45) is 5.10 Å². The average molecular weight is 218 g/mol. The van der Waals surface area contributed by atoms with Crippen LogP contribution in [0.1, 0.15) is 5.56 Å². The fraction of sp³-hybridized carbons (Fsp3) is 0.100. The van der Waals surface area contributed by atoms with E-state index in [1.54, 1.807) is 6.92 Å². The fourth-order valence-corrected chi connectivity index (χ4v) is 0.938. The fourth-order valence-electron chi connectivity index (χ4n) is 0.938. The number of benzene rings is 1. The number of aryl methyl sites for hydroxylation is 1. The van der Waals surface area contributed by atoms with Gasteiger partial charge in [-0.1, -0.05) is 0 Å². The number of anilines is 1. The predicted molar refractivity (Wildman–Crippen MR) is 55.1 cm³/mol. The molecule has 0 unspecified atom stereocenters. The second kappa shape index (κ2) is 4.76. The number of phenolic OH excluding ortho intramolecular Hbond substituents is 1. The lowest BCUT2D eigenvalue weighted by Crippen LogP contribution is -1.98. The van der Waals surface area contributed by atoms with Gasteiger partial charge in [0.1, 0.15) is 23.7 Å². The summed E-state index contributed by atoms with van der Waals surface area (Å²) in [6.07, 6.45) is 0. The first kappa shape index (κ1) is 11.5. The maximum Gasteiger partial charge on any atom is 0.237 e. The van der Waals surface area contributed by atoms with Gasteiger partial charge in [0.25, 0.3) is 0 Å². The minimum atomic E-state index is -0.630. The molecule has 1 aromatic carbocycles. The minimum Gasteiger partial charge on any atom is -0.508 e. The van der Waals surface area contributed by atoms with Gasteiger partial charge in [-0.2, -0.15) is 15.6 Å². The summed E-state index contributed by atoms with van der Waals surface area (Å²) < 4.78 is 13.3. The Morgan fingerprint density at radius 2 is 2.06 bits per heavy atom. The number of nitriles is 2. The summed E-state index contributed by atoms with van der Waals surface area (Å²) in [6, 6.07) is 5.26. The Morgan fingerprint density at radius 1 is 1.44 bits per heavy atom. The highest BCUT2D eigenvalue weighted by Crippen LogP contribution is 2.24. The number of rotatable bonds is 2. The summed E-state index contributed by atoms with van der Waals surface area (Å²) >= 11 is 0. The summed E-state index contributed by atoms with van der Waals surface area (Å²) in [5.41, 5.74) is 2.04. The van der Waals surface area contributed by atoms with E-state index in [9.17, 15) is 9.50 Å². The van der Waals surface area contributed by atoms with E-state index in [-0.39, 0.29) is 11.4 Å². The zero-order valence-electron chi connectivity index (χ0n) is 8.32. The summed E-state index contributed by atoms with van der Waals surface area (Å²) in [4.78, 5) is 0. The van der Waals surface area contributed by atoms with Gasteiger partial charge in [-0.15, -0.1) is 0 Å². The number of hydrazone groups is 1. The van der Waals surface area contributed by atoms with Crippen molar-refractivity contribution < 1.29 is 9.50 Å². The molecule has 0 aliphatic carbocycles. The van der Waals surface area contributed by atoms with Crippen molar-refractivity contribution in [3.05, 3.63) is 23.5 Å². The molecular weight excluding hydrogens is 211 g/mol. The molecule has 1 rings (SSSR count). The molecule has 16 heavy (non-hydrogen) atoms. The monoisotopic (exact) mass is 218 g/mol. The van der Waals surface area contributed by atoms with E-state index in [0.29, 0.717) is 5.56 Å². The Morgan fingerprint density at radius 3 is 2.62 bits per heavy atom. The number of halogens is 1. The Kier molecular flexibility index (Phi) is 3.41. The number of nitrogens with zero attached hydrogens (tertiary/aromatic N) is 3. The summed E-state index contributed by atoms with van der Waals surface area (Å²) in [5.74, 6) is -0.733.